The van der Waals surface area contributed by atoms with Crippen LogP contribution in [0, 0.1) is 11.8 Å². The van der Waals surface area contributed by atoms with Gasteiger partial charge in [0.1, 0.15) is 6.61 Å². The zero-order valence-corrected chi connectivity index (χ0v) is 15.9. The summed E-state index contributed by atoms with van der Waals surface area (Å²) in [6.45, 7) is 1.77. The molecule has 1 aliphatic carbocycles. The molecule has 1 heterocycles. The Morgan fingerprint density at radius 1 is 1.15 bits per heavy atom. The second-order valence-electron chi connectivity index (χ2n) is 7.78. The van der Waals surface area contributed by atoms with E-state index in [9.17, 15) is 9.59 Å². The smallest absolute Gasteiger partial charge is 0.248 e. The van der Waals surface area contributed by atoms with Gasteiger partial charge < -0.3 is 14.5 Å². The van der Waals surface area contributed by atoms with Crippen molar-refractivity contribution in [3.8, 4) is 0 Å². The summed E-state index contributed by atoms with van der Waals surface area (Å²) in [5.41, 5.74) is 1.21. The van der Waals surface area contributed by atoms with E-state index in [-0.39, 0.29) is 24.5 Å². The van der Waals surface area contributed by atoms with Crippen LogP contribution in [0.1, 0.15) is 31.2 Å². The molecule has 2 fully saturated rings. The van der Waals surface area contributed by atoms with Crippen molar-refractivity contribution >= 4 is 11.8 Å². The summed E-state index contributed by atoms with van der Waals surface area (Å²) >= 11 is 0. The Kier molecular flexibility index (Phi) is 6.30. The molecule has 2 aliphatic rings. The van der Waals surface area contributed by atoms with Gasteiger partial charge in [-0.2, -0.15) is 0 Å². The van der Waals surface area contributed by atoms with Crippen LogP contribution in [0.4, 0.5) is 0 Å². The number of ether oxygens (including phenoxy) is 1. The molecule has 1 saturated carbocycles. The lowest BCUT2D eigenvalue weighted by Crippen LogP contribution is -2.37. The lowest BCUT2D eigenvalue weighted by atomic mass is 9.79. The van der Waals surface area contributed by atoms with Gasteiger partial charge >= 0.3 is 0 Å². The van der Waals surface area contributed by atoms with Gasteiger partial charge in [0, 0.05) is 39.5 Å². The number of likely N-dealkylation sites (tertiary alicyclic amines) is 1. The van der Waals surface area contributed by atoms with Gasteiger partial charge in [0.25, 0.3) is 0 Å². The van der Waals surface area contributed by atoms with Crippen molar-refractivity contribution in [3.05, 3.63) is 35.9 Å². The molecule has 1 aromatic rings. The third-order valence-corrected chi connectivity index (χ3v) is 5.78. The molecule has 0 aromatic heterocycles. The molecule has 2 amide bonds. The summed E-state index contributed by atoms with van der Waals surface area (Å²) < 4.78 is 5.95. The molecule has 1 aromatic carbocycles. The molecule has 5 nitrogen and oxygen atoms in total. The highest BCUT2D eigenvalue weighted by molar-refractivity contribution is 5.77. The summed E-state index contributed by atoms with van der Waals surface area (Å²) in [4.78, 5) is 28.0. The van der Waals surface area contributed by atoms with Crippen LogP contribution in [0.2, 0.25) is 0 Å². The maximum absolute atomic E-state index is 12.6. The van der Waals surface area contributed by atoms with E-state index in [0.29, 0.717) is 18.3 Å². The van der Waals surface area contributed by atoms with E-state index in [4.69, 9.17) is 4.74 Å². The fourth-order valence-electron chi connectivity index (χ4n) is 4.19. The van der Waals surface area contributed by atoms with Crippen molar-refractivity contribution in [3.63, 3.8) is 0 Å². The van der Waals surface area contributed by atoms with Gasteiger partial charge in [-0.1, -0.05) is 36.8 Å². The van der Waals surface area contributed by atoms with Gasteiger partial charge in [-0.25, -0.2) is 0 Å². The number of amides is 2. The molecular formula is C21H30N2O3. The van der Waals surface area contributed by atoms with E-state index in [1.807, 2.05) is 23.1 Å². The van der Waals surface area contributed by atoms with Crippen LogP contribution in [0.5, 0.6) is 0 Å². The maximum Gasteiger partial charge on any atom is 0.248 e. The van der Waals surface area contributed by atoms with Crippen molar-refractivity contribution in [1.29, 1.82) is 0 Å². The zero-order valence-electron chi connectivity index (χ0n) is 15.9. The molecule has 3 atom stereocenters. The predicted octanol–water partition coefficient (Wildman–Crippen LogP) is 2.35. The lowest BCUT2D eigenvalue weighted by molar-refractivity contribution is -0.138. The van der Waals surface area contributed by atoms with E-state index in [1.54, 1.807) is 19.0 Å². The molecular weight excluding hydrogens is 328 g/mol. The minimum atomic E-state index is 0.000846. The molecule has 0 bridgehead atoms. The van der Waals surface area contributed by atoms with Crippen LogP contribution >= 0.6 is 0 Å². The largest absolute Gasteiger partial charge is 0.368 e. The highest BCUT2D eigenvalue weighted by Crippen LogP contribution is 2.38. The van der Waals surface area contributed by atoms with Crippen molar-refractivity contribution in [2.24, 2.45) is 11.8 Å². The molecule has 1 aliphatic heterocycles. The number of benzene rings is 1. The number of hydrogen-bond donors (Lipinski definition) is 0. The van der Waals surface area contributed by atoms with E-state index in [0.717, 1.165) is 38.8 Å². The number of carbonyl (C=O) groups excluding carboxylic acids is 2. The number of carbonyl (C=O) groups is 2. The standard InChI is InChI=1S/C21H30N2O3/c1-22(2)21(25)15-26-19-10-6-9-17-13-23(14-18(17)19)20(24)12-11-16-7-4-3-5-8-16/h3-5,7-8,17-19H,6,9-15H2,1-2H3/t17-,18+,19-/m1/s1. The summed E-state index contributed by atoms with van der Waals surface area (Å²) in [6.07, 6.45) is 4.73. The molecule has 26 heavy (non-hydrogen) atoms. The first-order valence-electron chi connectivity index (χ1n) is 9.68. The average molecular weight is 358 g/mol. The van der Waals surface area contributed by atoms with Crippen LogP contribution < -0.4 is 0 Å². The zero-order chi connectivity index (χ0) is 18.5. The SMILES string of the molecule is CN(C)C(=O)CO[C@@H]1CCC[C@@H]2CN(C(=O)CCc3ccccc3)C[C@@H]21. The number of nitrogens with zero attached hydrogens (tertiary/aromatic N) is 2. The Labute approximate surface area is 156 Å². The topological polar surface area (TPSA) is 49.9 Å². The quantitative estimate of drug-likeness (QED) is 0.784. The van der Waals surface area contributed by atoms with Gasteiger partial charge in [-0.15, -0.1) is 0 Å². The fraction of sp³-hybridized carbons (Fsp3) is 0.619. The number of hydrogen-bond acceptors (Lipinski definition) is 3. The molecule has 0 unspecified atom stereocenters. The number of aryl methyl sites for hydroxylation is 1. The minimum absolute atomic E-state index is 0.000846. The first-order chi connectivity index (χ1) is 12.5. The van der Waals surface area contributed by atoms with Gasteiger partial charge in [-0.3, -0.25) is 9.59 Å². The number of fused-ring (bicyclic) bond motifs is 1. The minimum Gasteiger partial charge on any atom is -0.368 e. The van der Waals surface area contributed by atoms with Gasteiger partial charge in [-0.05, 0) is 30.7 Å². The molecule has 142 valence electrons. The molecule has 0 radical (unpaired) electrons. The Hall–Kier alpha value is -1.88. The Bertz CT molecular complexity index is 617. The Morgan fingerprint density at radius 3 is 2.65 bits per heavy atom. The molecule has 1 saturated heterocycles. The fourth-order valence-corrected chi connectivity index (χ4v) is 4.19. The highest BCUT2D eigenvalue weighted by atomic mass is 16.5. The average Bonchev–Trinajstić information content (AvgIpc) is 3.09. The third kappa shape index (κ3) is 4.64. The molecule has 0 spiro atoms. The lowest BCUT2D eigenvalue weighted by Gasteiger charge is -2.32. The highest BCUT2D eigenvalue weighted by Gasteiger charge is 2.42. The first-order valence-corrected chi connectivity index (χ1v) is 9.68. The normalized spacial score (nSPS) is 25.0. The maximum atomic E-state index is 12.6. The summed E-state index contributed by atoms with van der Waals surface area (Å²) in [6, 6.07) is 10.2. The van der Waals surface area contributed by atoms with Crippen LogP contribution in [0.3, 0.4) is 0 Å². The summed E-state index contributed by atoms with van der Waals surface area (Å²) in [7, 11) is 3.50. The molecule has 5 heteroatoms. The van der Waals surface area contributed by atoms with Gasteiger partial charge in [0.2, 0.25) is 11.8 Å². The van der Waals surface area contributed by atoms with Crippen molar-refractivity contribution in [2.75, 3.05) is 33.8 Å². The van der Waals surface area contributed by atoms with E-state index in [1.165, 1.54) is 5.56 Å². The Morgan fingerprint density at radius 2 is 1.92 bits per heavy atom. The third-order valence-electron chi connectivity index (χ3n) is 5.78. The van der Waals surface area contributed by atoms with Crippen LogP contribution in [-0.4, -0.2) is 61.5 Å². The Balaban J connectivity index is 1.51. The molecule has 0 N–H and O–H groups in total. The second kappa shape index (κ2) is 8.67. The van der Waals surface area contributed by atoms with E-state index in [2.05, 4.69) is 12.1 Å². The van der Waals surface area contributed by atoms with Gasteiger partial charge in [0.15, 0.2) is 0 Å². The van der Waals surface area contributed by atoms with Crippen LogP contribution in [0.25, 0.3) is 0 Å². The van der Waals surface area contributed by atoms with Crippen LogP contribution in [0.15, 0.2) is 30.3 Å². The van der Waals surface area contributed by atoms with Crippen LogP contribution in [-0.2, 0) is 20.7 Å². The summed E-state index contributed by atoms with van der Waals surface area (Å²) in [5.74, 6) is 1.13. The van der Waals surface area contributed by atoms with Gasteiger partial charge in [0.05, 0.1) is 6.10 Å². The summed E-state index contributed by atoms with van der Waals surface area (Å²) in [5, 5.41) is 0. The first kappa shape index (κ1) is 18.9. The van der Waals surface area contributed by atoms with Crippen molar-refractivity contribution < 1.29 is 14.3 Å². The van der Waals surface area contributed by atoms with Crippen molar-refractivity contribution in [2.45, 2.75) is 38.2 Å². The number of rotatable bonds is 6. The number of likely N-dealkylation sites (N-methyl/N-ethyl adjacent to an activating group) is 1. The predicted molar refractivity (Wildman–Crippen MR) is 101 cm³/mol. The van der Waals surface area contributed by atoms with Crippen molar-refractivity contribution in [1.82, 2.24) is 9.80 Å². The monoisotopic (exact) mass is 358 g/mol. The van der Waals surface area contributed by atoms with E-state index >= 15 is 0 Å². The second-order valence-corrected chi connectivity index (χ2v) is 7.78. The van der Waals surface area contributed by atoms with E-state index < -0.39 is 0 Å². The molecule has 3 rings (SSSR count).